The zero-order chi connectivity index (χ0) is 25.8. The van der Waals surface area contributed by atoms with E-state index in [1.165, 1.54) is 0 Å². The number of sulfonamides is 1. The summed E-state index contributed by atoms with van der Waals surface area (Å²) in [6.45, 7) is 2.94. The minimum Gasteiger partial charge on any atom is -0.306 e. The van der Waals surface area contributed by atoms with Gasteiger partial charge in [-0.2, -0.15) is 5.10 Å². The molecule has 9 heteroatoms. The van der Waals surface area contributed by atoms with Crippen molar-refractivity contribution in [2.45, 2.75) is 17.2 Å². The highest BCUT2D eigenvalue weighted by Gasteiger charge is 2.33. The van der Waals surface area contributed by atoms with Crippen molar-refractivity contribution in [2.24, 2.45) is 16.0 Å². The average molecular weight is 536 g/mol. The quantitative estimate of drug-likeness (QED) is 0.374. The van der Waals surface area contributed by atoms with Crippen LogP contribution in [0.4, 0.5) is 0 Å². The fraction of sp³-hybridized carbons (Fsp3) is 0.286. The van der Waals surface area contributed by atoms with Crippen LogP contribution in [0.3, 0.4) is 0 Å². The van der Waals surface area contributed by atoms with Crippen molar-refractivity contribution in [1.29, 1.82) is 0 Å². The van der Waals surface area contributed by atoms with Crippen molar-refractivity contribution in [3.63, 3.8) is 0 Å². The SMILES string of the molecule is CN1CCC(CN=C(NS(=O)(=O)c2ccccc2)N2CC(c3ccccc3)C(c3ccc(Cl)cc3)=N2)C1. The molecule has 2 heterocycles. The summed E-state index contributed by atoms with van der Waals surface area (Å²) >= 11 is 6.15. The molecule has 192 valence electrons. The number of likely N-dealkylation sites (tertiary alicyclic amines) is 1. The number of nitrogens with zero attached hydrogens (tertiary/aromatic N) is 4. The van der Waals surface area contributed by atoms with E-state index in [1.54, 1.807) is 35.3 Å². The van der Waals surface area contributed by atoms with Crippen LogP contribution in [0.2, 0.25) is 5.02 Å². The molecule has 3 aromatic rings. The Balaban J connectivity index is 1.51. The van der Waals surface area contributed by atoms with E-state index in [0.717, 1.165) is 36.3 Å². The van der Waals surface area contributed by atoms with Crippen molar-refractivity contribution in [2.75, 3.05) is 33.2 Å². The van der Waals surface area contributed by atoms with Crippen LogP contribution in [0, 0.1) is 5.92 Å². The minimum absolute atomic E-state index is 0.0635. The summed E-state index contributed by atoms with van der Waals surface area (Å²) in [6, 6.07) is 26.0. The maximum absolute atomic E-state index is 13.3. The molecular formula is C28H30ClN5O2S. The van der Waals surface area contributed by atoms with Crippen LogP contribution < -0.4 is 4.72 Å². The van der Waals surface area contributed by atoms with Gasteiger partial charge in [0.25, 0.3) is 10.0 Å². The number of guanidine groups is 1. The lowest BCUT2D eigenvalue weighted by Crippen LogP contribution is -2.41. The number of halogens is 1. The number of rotatable bonds is 6. The summed E-state index contributed by atoms with van der Waals surface area (Å²) in [5.41, 5.74) is 2.87. The lowest BCUT2D eigenvalue weighted by molar-refractivity contribution is 0.396. The van der Waals surface area contributed by atoms with Crippen LogP contribution in [0.1, 0.15) is 23.5 Å². The lowest BCUT2D eigenvalue weighted by Gasteiger charge is -2.20. The summed E-state index contributed by atoms with van der Waals surface area (Å²) in [4.78, 5) is 7.25. The minimum atomic E-state index is -3.84. The predicted octanol–water partition coefficient (Wildman–Crippen LogP) is 4.43. The van der Waals surface area contributed by atoms with E-state index in [1.807, 2.05) is 42.5 Å². The second-order valence-electron chi connectivity index (χ2n) is 9.54. The molecule has 1 fully saturated rings. The van der Waals surface area contributed by atoms with Gasteiger partial charge in [0.1, 0.15) is 0 Å². The predicted molar refractivity (Wildman–Crippen MR) is 149 cm³/mol. The number of benzene rings is 3. The van der Waals surface area contributed by atoms with Crippen molar-refractivity contribution < 1.29 is 8.42 Å². The van der Waals surface area contributed by atoms with Crippen molar-refractivity contribution in [3.05, 3.63) is 101 Å². The van der Waals surface area contributed by atoms with Gasteiger partial charge in [0.05, 0.1) is 17.2 Å². The molecule has 3 aromatic carbocycles. The fourth-order valence-electron chi connectivity index (χ4n) is 4.80. The van der Waals surface area contributed by atoms with Gasteiger partial charge in [0.15, 0.2) is 0 Å². The summed E-state index contributed by atoms with van der Waals surface area (Å²) < 4.78 is 29.3. The maximum atomic E-state index is 13.3. The Morgan fingerprint density at radius 2 is 1.68 bits per heavy atom. The molecule has 0 amide bonds. The average Bonchev–Trinajstić information content (AvgIpc) is 3.55. The third kappa shape index (κ3) is 6.04. The van der Waals surface area contributed by atoms with E-state index < -0.39 is 10.0 Å². The molecule has 0 radical (unpaired) electrons. The van der Waals surface area contributed by atoms with Gasteiger partial charge in [-0.1, -0.05) is 72.3 Å². The molecule has 5 rings (SSSR count). The van der Waals surface area contributed by atoms with E-state index in [2.05, 4.69) is 28.8 Å². The summed E-state index contributed by atoms with van der Waals surface area (Å²) in [5.74, 6) is 0.545. The smallest absolute Gasteiger partial charge is 0.264 e. The topological polar surface area (TPSA) is 77.4 Å². The number of nitrogens with one attached hydrogen (secondary N) is 1. The molecule has 2 aliphatic heterocycles. The van der Waals surface area contributed by atoms with Gasteiger partial charge < -0.3 is 4.90 Å². The monoisotopic (exact) mass is 535 g/mol. The van der Waals surface area contributed by atoms with Gasteiger partial charge in [-0.05, 0) is 61.3 Å². The maximum Gasteiger partial charge on any atom is 0.264 e. The van der Waals surface area contributed by atoms with Crippen LogP contribution >= 0.6 is 11.6 Å². The fourth-order valence-corrected chi connectivity index (χ4v) is 5.97. The first-order chi connectivity index (χ1) is 17.9. The first-order valence-electron chi connectivity index (χ1n) is 12.4. The number of hydrazone groups is 1. The van der Waals surface area contributed by atoms with E-state index in [-0.39, 0.29) is 16.8 Å². The summed E-state index contributed by atoms with van der Waals surface area (Å²) in [5, 5.41) is 7.27. The molecule has 37 heavy (non-hydrogen) atoms. The summed E-state index contributed by atoms with van der Waals surface area (Å²) in [6.07, 6.45) is 1.03. The lowest BCUT2D eigenvalue weighted by atomic mass is 9.91. The van der Waals surface area contributed by atoms with Crippen molar-refractivity contribution >= 4 is 33.3 Å². The van der Waals surface area contributed by atoms with Crippen molar-refractivity contribution in [3.8, 4) is 0 Å². The first-order valence-corrected chi connectivity index (χ1v) is 14.2. The van der Waals surface area contributed by atoms with Crippen LogP contribution in [-0.4, -0.2) is 63.2 Å². The highest BCUT2D eigenvalue weighted by molar-refractivity contribution is 7.90. The van der Waals surface area contributed by atoms with Gasteiger partial charge >= 0.3 is 0 Å². The Morgan fingerprint density at radius 3 is 2.32 bits per heavy atom. The van der Waals surface area contributed by atoms with Gasteiger partial charge in [-0.3, -0.25) is 4.99 Å². The molecule has 7 nitrogen and oxygen atoms in total. The van der Waals surface area contributed by atoms with Crippen LogP contribution in [0.15, 0.2) is 99.9 Å². The number of aliphatic imine (C=N–C) groups is 1. The first kappa shape index (κ1) is 25.4. The molecular weight excluding hydrogens is 506 g/mol. The number of hydrogen-bond acceptors (Lipinski definition) is 5. The molecule has 0 bridgehead atoms. The molecule has 0 aliphatic carbocycles. The molecule has 1 saturated heterocycles. The second kappa shape index (κ2) is 11.0. The van der Waals surface area contributed by atoms with E-state index in [4.69, 9.17) is 21.7 Å². The van der Waals surface area contributed by atoms with Crippen molar-refractivity contribution in [1.82, 2.24) is 14.6 Å². The molecule has 0 spiro atoms. The van der Waals surface area contributed by atoms with Crippen LogP contribution in [-0.2, 0) is 10.0 Å². The Kier molecular flexibility index (Phi) is 7.60. The normalized spacial score (nSPS) is 20.8. The Bertz CT molecular complexity index is 1380. The molecule has 0 saturated carbocycles. The van der Waals surface area contributed by atoms with Gasteiger partial charge in [-0.15, -0.1) is 0 Å². The third-order valence-electron chi connectivity index (χ3n) is 6.77. The highest BCUT2D eigenvalue weighted by Crippen LogP contribution is 2.30. The van der Waals surface area contributed by atoms with Gasteiger partial charge in [0.2, 0.25) is 5.96 Å². The Labute approximate surface area is 223 Å². The highest BCUT2D eigenvalue weighted by atomic mass is 35.5. The molecule has 2 aliphatic rings. The summed E-state index contributed by atoms with van der Waals surface area (Å²) in [7, 11) is -1.75. The Morgan fingerprint density at radius 1 is 1.00 bits per heavy atom. The third-order valence-corrected chi connectivity index (χ3v) is 8.36. The number of hydrogen-bond donors (Lipinski definition) is 1. The van der Waals surface area contributed by atoms with Gasteiger partial charge in [-0.25, -0.2) is 18.1 Å². The second-order valence-corrected chi connectivity index (χ2v) is 11.7. The molecule has 2 unspecified atom stereocenters. The Hall–Kier alpha value is -3.20. The standard InChI is InChI=1S/C28H30ClN5O2S/c1-33-17-16-21(19-33)18-30-28(32-37(35,36)25-10-6-3-7-11-25)34-20-26(22-8-4-2-5-9-22)27(31-34)23-12-14-24(29)15-13-23/h2-15,21,26H,16-20H2,1H3,(H,30,32). The van der Waals surface area contributed by atoms with Crippen LogP contribution in [0.5, 0.6) is 0 Å². The van der Waals surface area contributed by atoms with E-state index in [0.29, 0.717) is 24.0 Å². The molecule has 0 aromatic heterocycles. The van der Waals surface area contributed by atoms with Crippen LogP contribution in [0.25, 0.3) is 0 Å². The van der Waals surface area contributed by atoms with E-state index in [9.17, 15) is 8.42 Å². The molecule has 1 N–H and O–H groups in total. The zero-order valence-corrected chi connectivity index (χ0v) is 22.2. The largest absolute Gasteiger partial charge is 0.306 e. The van der Waals surface area contributed by atoms with Gasteiger partial charge in [0, 0.05) is 24.0 Å². The zero-order valence-electron chi connectivity index (χ0n) is 20.7. The molecule has 2 atom stereocenters. The van der Waals surface area contributed by atoms with E-state index >= 15 is 0 Å².